The lowest BCUT2D eigenvalue weighted by molar-refractivity contribution is -0.136. The highest BCUT2D eigenvalue weighted by molar-refractivity contribution is 9.10. The number of hydrogen-bond acceptors (Lipinski definition) is 2. The predicted molar refractivity (Wildman–Crippen MR) is 52.0 cm³/mol. The van der Waals surface area contributed by atoms with Gasteiger partial charge >= 0.3 is 5.97 Å². The minimum absolute atomic E-state index is 0.167. The van der Waals surface area contributed by atoms with Crippen molar-refractivity contribution in [2.45, 2.75) is 6.42 Å². The third-order valence-electron chi connectivity index (χ3n) is 1.65. The number of hydrogen-bond donors (Lipinski definition) is 1. The largest absolute Gasteiger partial charge is 0.497 e. The maximum Gasteiger partial charge on any atom is 0.307 e. The fourth-order valence-electron chi connectivity index (χ4n) is 1.03. The van der Waals surface area contributed by atoms with Gasteiger partial charge in [0.1, 0.15) is 11.6 Å². The van der Waals surface area contributed by atoms with Crippen molar-refractivity contribution in [1.29, 1.82) is 0 Å². The number of methoxy groups -OCH3 is 1. The molecule has 1 N–H and O–H groups in total. The van der Waals surface area contributed by atoms with E-state index >= 15 is 0 Å². The van der Waals surface area contributed by atoms with Crippen LogP contribution in [0, 0.1) is 5.82 Å². The van der Waals surface area contributed by atoms with Crippen LogP contribution in [-0.4, -0.2) is 18.2 Å². The highest BCUT2D eigenvalue weighted by atomic mass is 79.9. The van der Waals surface area contributed by atoms with Crippen molar-refractivity contribution < 1.29 is 19.0 Å². The average Bonchev–Trinajstić information content (AvgIpc) is 2.11. The third-order valence-corrected chi connectivity index (χ3v) is 2.54. The van der Waals surface area contributed by atoms with Crippen molar-refractivity contribution in [2.75, 3.05) is 7.11 Å². The monoisotopic (exact) mass is 262 g/mol. The predicted octanol–water partition coefficient (Wildman–Crippen LogP) is 2.22. The Bertz CT molecular complexity index is 365. The molecule has 76 valence electrons. The van der Waals surface area contributed by atoms with Gasteiger partial charge in [-0.1, -0.05) is 0 Å². The van der Waals surface area contributed by atoms with Gasteiger partial charge in [0.2, 0.25) is 0 Å². The summed E-state index contributed by atoms with van der Waals surface area (Å²) in [5, 5.41) is 8.56. The van der Waals surface area contributed by atoms with Gasteiger partial charge in [-0.3, -0.25) is 4.79 Å². The smallest absolute Gasteiger partial charge is 0.307 e. The maximum atomic E-state index is 13.2. The Balaban J connectivity index is 3.13. The molecular weight excluding hydrogens is 255 g/mol. The molecule has 0 aromatic heterocycles. The zero-order valence-corrected chi connectivity index (χ0v) is 8.97. The first-order chi connectivity index (χ1) is 6.54. The van der Waals surface area contributed by atoms with Gasteiger partial charge in [0.15, 0.2) is 0 Å². The van der Waals surface area contributed by atoms with Crippen LogP contribution in [0.2, 0.25) is 0 Å². The molecule has 0 aliphatic heterocycles. The fourth-order valence-corrected chi connectivity index (χ4v) is 1.40. The van der Waals surface area contributed by atoms with Gasteiger partial charge < -0.3 is 9.84 Å². The van der Waals surface area contributed by atoms with E-state index in [-0.39, 0.29) is 10.9 Å². The van der Waals surface area contributed by atoms with Crippen molar-refractivity contribution in [1.82, 2.24) is 0 Å². The summed E-state index contributed by atoms with van der Waals surface area (Å²) < 4.78 is 18.1. The first-order valence-electron chi connectivity index (χ1n) is 3.78. The standard InChI is InChI=1S/C9H8BrFO3/c1-14-6-2-5(3-8(12)13)9(10)7(11)4-6/h2,4H,3H2,1H3,(H,12,13). The molecule has 0 spiro atoms. The van der Waals surface area contributed by atoms with Crippen LogP contribution in [0.25, 0.3) is 0 Å². The van der Waals surface area contributed by atoms with Crippen molar-refractivity contribution in [3.05, 3.63) is 28.0 Å². The van der Waals surface area contributed by atoms with Crippen LogP contribution in [0.5, 0.6) is 5.75 Å². The molecule has 0 saturated carbocycles. The van der Waals surface area contributed by atoms with Crippen LogP contribution < -0.4 is 4.74 Å². The van der Waals surface area contributed by atoms with E-state index in [2.05, 4.69) is 15.9 Å². The highest BCUT2D eigenvalue weighted by Gasteiger charge is 2.11. The minimum Gasteiger partial charge on any atom is -0.497 e. The van der Waals surface area contributed by atoms with Crippen molar-refractivity contribution in [2.24, 2.45) is 0 Å². The zero-order valence-electron chi connectivity index (χ0n) is 7.38. The normalized spacial score (nSPS) is 9.93. The summed E-state index contributed by atoms with van der Waals surface area (Å²) in [4.78, 5) is 10.4. The Morgan fingerprint density at radius 1 is 1.64 bits per heavy atom. The quantitative estimate of drug-likeness (QED) is 0.909. The molecular formula is C9H8BrFO3. The summed E-state index contributed by atoms with van der Waals surface area (Å²) in [5.41, 5.74) is 0.356. The minimum atomic E-state index is -1.02. The summed E-state index contributed by atoms with van der Waals surface area (Å²) in [6, 6.07) is 2.68. The molecule has 0 unspecified atom stereocenters. The molecule has 0 aliphatic carbocycles. The Morgan fingerprint density at radius 3 is 2.79 bits per heavy atom. The van der Waals surface area contributed by atoms with E-state index in [4.69, 9.17) is 9.84 Å². The third kappa shape index (κ3) is 2.45. The first kappa shape index (κ1) is 11.0. The van der Waals surface area contributed by atoms with E-state index in [0.29, 0.717) is 11.3 Å². The molecule has 3 nitrogen and oxygen atoms in total. The van der Waals surface area contributed by atoms with Crippen LogP contribution >= 0.6 is 15.9 Å². The maximum absolute atomic E-state index is 13.2. The number of ether oxygens (including phenoxy) is 1. The van der Waals surface area contributed by atoms with Crippen LogP contribution in [0.1, 0.15) is 5.56 Å². The Kier molecular flexibility index (Phi) is 3.46. The number of benzene rings is 1. The van der Waals surface area contributed by atoms with Gasteiger partial charge in [0, 0.05) is 6.07 Å². The van der Waals surface area contributed by atoms with Crippen LogP contribution in [0.4, 0.5) is 4.39 Å². The van der Waals surface area contributed by atoms with Gasteiger partial charge in [0.25, 0.3) is 0 Å². The number of carboxylic acids is 1. The van der Waals surface area contributed by atoms with E-state index in [9.17, 15) is 9.18 Å². The molecule has 0 radical (unpaired) electrons. The van der Waals surface area contributed by atoms with Crippen LogP contribution in [0.15, 0.2) is 16.6 Å². The lowest BCUT2D eigenvalue weighted by atomic mass is 10.1. The van der Waals surface area contributed by atoms with E-state index in [0.717, 1.165) is 0 Å². The van der Waals surface area contributed by atoms with Crippen molar-refractivity contribution in [3.8, 4) is 5.75 Å². The first-order valence-corrected chi connectivity index (χ1v) is 4.57. The van der Waals surface area contributed by atoms with Gasteiger partial charge in [-0.25, -0.2) is 4.39 Å². The van der Waals surface area contributed by atoms with E-state index in [1.54, 1.807) is 0 Å². The Hall–Kier alpha value is -1.10. The molecule has 0 aliphatic rings. The van der Waals surface area contributed by atoms with Crippen LogP contribution in [-0.2, 0) is 11.2 Å². The molecule has 1 aromatic carbocycles. The Labute approximate surface area is 88.6 Å². The molecule has 1 rings (SSSR count). The fraction of sp³-hybridized carbons (Fsp3) is 0.222. The van der Waals surface area contributed by atoms with Crippen molar-refractivity contribution >= 4 is 21.9 Å². The van der Waals surface area contributed by atoms with E-state index in [1.165, 1.54) is 19.2 Å². The number of rotatable bonds is 3. The molecule has 0 heterocycles. The molecule has 5 heteroatoms. The Morgan fingerprint density at radius 2 is 2.29 bits per heavy atom. The molecule has 0 fully saturated rings. The summed E-state index contributed by atoms with van der Waals surface area (Å²) >= 11 is 2.98. The topological polar surface area (TPSA) is 46.5 Å². The SMILES string of the molecule is COc1cc(F)c(Br)c(CC(=O)O)c1. The van der Waals surface area contributed by atoms with Crippen molar-refractivity contribution in [3.63, 3.8) is 0 Å². The molecule has 0 bridgehead atoms. The van der Waals surface area contributed by atoms with Gasteiger partial charge in [-0.05, 0) is 27.6 Å². The highest BCUT2D eigenvalue weighted by Crippen LogP contribution is 2.26. The summed E-state index contributed by atoms with van der Waals surface area (Å²) in [6.07, 6.45) is -0.241. The van der Waals surface area contributed by atoms with Gasteiger partial charge in [-0.2, -0.15) is 0 Å². The van der Waals surface area contributed by atoms with Crippen LogP contribution in [0.3, 0.4) is 0 Å². The second kappa shape index (κ2) is 4.41. The number of aliphatic carboxylic acids is 1. The lowest BCUT2D eigenvalue weighted by Crippen LogP contribution is -2.02. The second-order valence-corrected chi connectivity index (χ2v) is 3.45. The summed E-state index contributed by atoms with van der Waals surface area (Å²) in [7, 11) is 1.40. The molecule has 1 aromatic rings. The molecule has 0 atom stereocenters. The molecule has 0 amide bonds. The summed E-state index contributed by atoms with van der Waals surface area (Å²) in [5.74, 6) is -1.24. The molecule has 0 saturated heterocycles. The van der Waals surface area contributed by atoms with E-state index in [1.807, 2.05) is 0 Å². The number of carboxylic acid groups (broad SMARTS) is 1. The number of halogens is 2. The second-order valence-electron chi connectivity index (χ2n) is 2.65. The average molecular weight is 263 g/mol. The summed E-state index contributed by atoms with van der Waals surface area (Å²) in [6.45, 7) is 0. The van der Waals surface area contributed by atoms with Gasteiger partial charge in [0.05, 0.1) is 18.0 Å². The zero-order chi connectivity index (χ0) is 10.7. The van der Waals surface area contributed by atoms with Gasteiger partial charge in [-0.15, -0.1) is 0 Å². The number of carbonyl (C=O) groups is 1. The molecule has 14 heavy (non-hydrogen) atoms. The van der Waals surface area contributed by atoms with E-state index < -0.39 is 11.8 Å². The lowest BCUT2D eigenvalue weighted by Gasteiger charge is -2.06.